The summed E-state index contributed by atoms with van der Waals surface area (Å²) in [6.45, 7) is 2.85. The Morgan fingerprint density at radius 3 is 2.55 bits per heavy atom. The van der Waals surface area contributed by atoms with Gasteiger partial charge in [0.05, 0.1) is 16.9 Å². The summed E-state index contributed by atoms with van der Waals surface area (Å²) >= 11 is 0. The third kappa shape index (κ3) is 4.25. The third-order valence-electron chi connectivity index (χ3n) is 5.35. The van der Waals surface area contributed by atoms with Crippen LogP contribution in [0.3, 0.4) is 0 Å². The summed E-state index contributed by atoms with van der Waals surface area (Å²) in [5, 5.41) is 11.8. The van der Waals surface area contributed by atoms with Gasteiger partial charge in [0.1, 0.15) is 5.58 Å². The van der Waals surface area contributed by atoms with Gasteiger partial charge in [-0.3, -0.25) is 9.78 Å². The fourth-order valence-electron chi connectivity index (χ4n) is 4.10. The summed E-state index contributed by atoms with van der Waals surface area (Å²) in [4.78, 5) is 14.9. The van der Waals surface area contributed by atoms with Crippen molar-refractivity contribution in [2.75, 3.05) is 0 Å². The molecule has 2 aromatic heterocycles. The molecule has 0 spiro atoms. The van der Waals surface area contributed by atoms with Crippen LogP contribution in [-0.2, 0) is 24.9 Å². The first-order chi connectivity index (χ1) is 15.5. The van der Waals surface area contributed by atoms with Gasteiger partial charge in [0.2, 0.25) is 0 Å². The molecular formula is C28H20IrNO3-. The van der Waals surface area contributed by atoms with E-state index in [4.69, 9.17) is 14.5 Å². The number of hydrogen-bond donors (Lipinski definition) is 1. The molecule has 0 saturated carbocycles. The summed E-state index contributed by atoms with van der Waals surface area (Å²) in [6.07, 6.45) is 5.47. The minimum Gasteiger partial charge on any atom is -0.512 e. The maximum absolute atomic E-state index is 10.0. The number of benzene rings is 3. The molecule has 165 valence electrons. The van der Waals surface area contributed by atoms with Crippen molar-refractivity contribution in [3.63, 3.8) is 0 Å². The second kappa shape index (κ2) is 9.14. The number of aliphatic hydroxyl groups excluding tert-OH is 1. The zero-order chi connectivity index (χ0) is 22.2. The average molecular weight is 611 g/mol. The standard InChI is InChI=1S/C23H12NO.C5H8O2.Ir/c1-2-10-21-16(6-1)17-7-4-8-18(23(17)25-21)20-13-15-12-11-14-5-3-9-19(24-20)22(14)15;1-4(6)3-5(2)7;/h1-7,9-13H;3,6H,1-2H3;/q-1;;. The van der Waals surface area contributed by atoms with Crippen molar-refractivity contribution in [3.8, 4) is 11.3 Å². The Morgan fingerprint density at radius 1 is 1.00 bits per heavy atom. The largest absolute Gasteiger partial charge is 0.512 e. The number of furan rings is 1. The van der Waals surface area contributed by atoms with Crippen molar-refractivity contribution in [2.45, 2.75) is 13.8 Å². The van der Waals surface area contributed by atoms with E-state index in [9.17, 15) is 4.79 Å². The Balaban J connectivity index is 0.000000287. The molecule has 4 nitrogen and oxygen atoms in total. The Bertz CT molecular complexity index is 1570. The van der Waals surface area contributed by atoms with Crippen LogP contribution in [0.5, 0.6) is 0 Å². The Labute approximate surface area is 204 Å². The summed E-state index contributed by atoms with van der Waals surface area (Å²) in [6, 6.07) is 23.9. The quantitative estimate of drug-likeness (QED) is 0.129. The van der Waals surface area contributed by atoms with Crippen molar-refractivity contribution < 1.29 is 34.4 Å². The van der Waals surface area contributed by atoms with Crippen molar-refractivity contribution >= 4 is 50.8 Å². The van der Waals surface area contributed by atoms with E-state index >= 15 is 0 Å². The molecule has 1 radical (unpaired) electrons. The number of para-hydroxylation sites is 1. The minimum atomic E-state index is -0.125. The maximum atomic E-state index is 10.0. The number of hydrogen-bond acceptors (Lipinski definition) is 4. The topological polar surface area (TPSA) is 63.3 Å². The van der Waals surface area contributed by atoms with E-state index in [1.807, 2.05) is 24.3 Å². The SMILES string of the molecule is CC(=O)C=C(C)O.[Ir].[c-]1ccc2c(oc3ccccc32)c1-c1cc2c3c(cccc3n1)C=C2. The van der Waals surface area contributed by atoms with Gasteiger partial charge in [-0.2, -0.15) is 0 Å². The van der Waals surface area contributed by atoms with Gasteiger partial charge in [-0.05, 0) is 42.8 Å². The molecular weight excluding hydrogens is 591 g/mol. The second-order valence-electron chi connectivity index (χ2n) is 7.76. The number of allylic oxidation sites excluding steroid dienone is 2. The Morgan fingerprint density at radius 2 is 1.79 bits per heavy atom. The summed E-state index contributed by atoms with van der Waals surface area (Å²) in [5.74, 6) is -0.0625. The number of pyridine rings is 1. The van der Waals surface area contributed by atoms with Gasteiger partial charge in [-0.1, -0.05) is 59.5 Å². The Kier molecular flexibility index (Phi) is 6.28. The van der Waals surface area contributed by atoms with Crippen LogP contribution in [0.4, 0.5) is 0 Å². The molecule has 0 atom stereocenters. The fraction of sp³-hybridized carbons (Fsp3) is 0.0714. The van der Waals surface area contributed by atoms with Crippen LogP contribution in [-0.4, -0.2) is 15.9 Å². The molecule has 0 aliphatic heterocycles. The van der Waals surface area contributed by atoms with Crippen LogP contribution in [0.15, 0.2) is 76.9 Å². The van der Waals surface area contributed by atoms with Crippen LogP contribution < -0.4 is 0 Å². The normalized spacial score (nSPS) is 12.0. The van der Waals surface area contributed by atoms with Crippen molar-refractivity contribution in [2.24, 2.45) is 0 Å². The van der Waals surface area contributed by atoms with E-state index in [1.165, 1.54) is 36.4 Å². The van der Waals surface area contributed by atoms with Crippen LogP contribution in [0.25, 0.3) is 56.3 Å². The molecule has 1 N–H and O–H groups in total. The molecule has 33 heavy (non-hydrogen) atoms. The number of fused-ring (bicyclic) bond motifs is 3. The van der Waals surface area contributed by atoms with Crippen molar-refractivity contribution in [3.05, 3.63) is 89.7 Å². The summed E-state index contributed by atoms with van der Waals surface area (Å²) < 4.78 is 6.15. The van der Waals surface area contributed by atoms with Gasteiger partial charge in [0.15, 0.2) is 5.78 Å². The molecule has 0 amide bonds. The van der Waals surface area contributed by atoms with Gasteiger partial charge >= 0.3 is 0 Å². The molecule has 0 unspecified atom stereocenters. The molecule has 3 aromatic carbocycles. The molecule has 6 rings (SSSR count). The summed E-state index contributed by atoms with van der Waals surface area (Å²) in [5.41, 5.74) is 7.01. The first kappa shape index (κ1) is 22.7. The van der Waals surface area contributed by atoms with E-state index in [1.54, 1.807) is 0 Å². The van der Waals surface area contributed by atoms with Crippen LogP contribution >= 0.6 is 0 Å². The molecule has 1 aliphatic carbocycles. The molecule has 5 heteroatoms. The first-order valence-electron chi connectivity index (χ1n) is 10.3. The number of ketones is 1. The fourth-order valence-corrected chi connectivity index (χ4v) is 4.10. The zero-order valence-corrected chi connectivity index (χ0v) is 20.4. The number of nitrogens with zero attached hydrogens (tertiary/aromatic N) is 1. The number of aromatic nitrogens is 1. The van der Waals surface area contributed by atoms with Crippen molar-refractivity contribution in [1.29, 1.82) is 0 Å². The van der Waals surface area contributed by atoms with E-state index in [-0.39, 0.29) is 31.6 Å². The molecule has 0 bridgehead atoms. The Hall–Kier alpha value is -3.53. The molecule has 0 saturated heterocycles. The molecule has 5 aromatic rings. The summed E-state index contributed by atoms with van der Waals surface area (Å²) in [7, 11) is 0. The van der Waals surface area contributed by atoms with Crippen LogP contribution in [0.1, 0.15) is 25.0 Å². The van der Waals surface area contributed by atoms with Gasteiger partial charge < -0.3 is 9.52 Å². The van der Waals surface area contributed by atoms with E-state index in [0.717, 1.165) is 38.7 Å². The molecule has 1 aliphatic rings. The predicted octanol–water partition coefficient (Wildman–Crippen LogP) is 7.12. The number of aliphatic hydroxyl groups is 1. The van der Waals surface area contributed by atoms with E-state index < -0.39 is 0 Å². The van der Waals surface area contributed by atoms with Gasteiger partial charge in [-0.15, -0.1) is 18.2 Å². The monoisotopic (exact) mass is 611 g/mol. The minimum absolute atomic E-state index is 0. The third-order valence-corrected chi connectivity index (χ3v) is 5.35. The van der Waals surface area contributed by atoms with E-state index in [2.05, 4.69) is 54.6 Å². The average Bonchev–Trinajstić information content (AvgIpc) is 3.36. The van der Waals surface area contributed by atoms with Gasteiger partial charge in [-0.25, -0.2) is 0 Å². The zero-order valence-electron chi connectivity index (χ0n) is 18.0. The molecule has 0 fully saturated rings. The smallest absolute Gasteiger partial charge is 0.155 e. The predicted molar refractivity (Wildman–Crippen MR) is 129 cm³/mol. The molecule has 2 heterocycles. The number of carbonyl (C=O) groups excluding carboxylic acids is 1. The van der Waals surface area contributed by atoms with Crippen molar-refractivity contribution in [1.82, 2.24) is 4.98 Å². The number of rotatable bonds is 2. The first-order valence-corrected chi connectivity index (χ1v) is 10.3. The second-order valence-corrected chi connectivity index (χ2v) is 7.76. The van der Waals surface area contributed by atoms with Gasteiger partial charge in [0.25, 0.3) is 0 Å². The van der Waals surface area contributed by atoms with Crippen LogP contribution in [0.2, 0.25) is 0 Å². The van der Waals surface area contributed by atoms with E-state index in [0.29, 0.717) is 0 Å². The maximum Gasteiger partial charge on any atom is 0.155 e. The van der Waals surface area contributed by atoms with Gasteiger partial charge in [0, 0.05) is 37.0 Å². The number of carbonyl (C=O) groups is 1. The van der Waals surface area contributed by atoms with Crippen LogP contribution in [0, 0.1) is 6.07 Å².